The van der Waals surface area contributed by atoms with Crippen molar-refractivity contribution in [1.82, 2.24) is 0 Å². The molecule has 1 N–H and O–H groups in total. The van der Waals surface area contributed by atoms with Crippen LogP contribution in [0.1, 0.15) is 44.7 Å². The number of hydrogen-bond donors (Lipinski definition) is 1. The van der Waals surface area contributed by atoms with Crippen LogP contribution in [0, 0.1) is 5.92 Å². The Labute approximate surface area is 122 Å². The normalized spacial score (nSPS) is 12.8. The van der Waals surface area contributed by atoms with E-state index in [0.29, 0.717) is 32.2 Å². The minimum atomic E-state index is -0.291. The molecule has 0 aromatic heterocycles. The number of rotatable bonds is 10. The van der Waals surface area contributed by atoms with E-state index in [-0.39, 0.29) is 6.10 Å². The Morgan fingerprint density at radius 2 is 1.30 bits per heavy atom. The van der Waals surface area contributed by atoms with Crippen molar-refractivity contribution in [3.8, 4) is 0 Å². The molecule has 1 aromatic carbocycles. The average Bonchev–Trinajstić information content (AvgIpc) is 2.41. The first-order valence-corrected chi connectivity index (χ1v) is 7.49. The molecule has 0 aliphatic rings. The van der Waals surface area contributed by atoms with Crippen LogP contribution in [0.3, 0.4) is 0 Å². The predicted molar refractivity (Wildman–Crippen MR) is 81.5 cm³/mol. The zero-order valence-electron chi connectivity index (χ0n) is 13.0. The molecule has 0 saturated carbocycles. The number of aliphatic hydroxyl groups is 1. The zero-order chi connectivity index (χ0) is 14.8. The topological polar surface area (TPSA) is 38.7 Å². The largest absolute Gasteiger partial charge is 0.393 e. The highest BCUT2D eigenvalue weighted by molar-refractivity contribution is 5.21. The second-order valence-electron chi connectivity index (χ2n) is 5.74. The predicted octanol–water partition coefficient (Wildman–Crippen LogP) is 3.54. The molecular formula is C17H28O3. The van der Waals surface area contributed by atoms with Gasteiger partial charge in [0.2, 0.25) is 0 Å². The summed E-state index contributed by atoms with van der Waals surface area (Å²) >= 11 is 0. The van der Waals surface area contributed by atoms with Crippen LogP contribution >= 0.6 is 0 Å². The highest BCUT2D eigenvalue weighted by Gasteiger charge is 1.99. The lowest BCUT2D eigenvalue weighted by Gasteiger charge is -2.08. The van der Waals surface area contributed by atoms with Crippen molar-refractivity contribution < 1.29 is 14.6 Å². The summed E-state index contributed by atoms with van der Waals surface area (Å²) in [5.74, 6) is 0.691. The molecule has 1 atom stereocenters. The lowest BCUT2D eigenvalue weighted by atomic mass is 10.1. The van der Waals surface area contributed by atoms with E-state index in [9.17, 15) is 0 Å². The molecule has 0 amide bonds. The SMILES string of the molecule is CC(C)CCOCc1ccc(COCCC(C)O)cc1. The second-order valence-corrected chi connectivity index (χ2v) is 5.74. The van der Waals surface area contributed by atoms with Gasteiger partial charge in [-0.15, -0.1) is 0 Å². The van der Waals surface area contributed by atoms with E-state index >= 15 is 0 Å². The van der Waals surface area contributed by atoms with Gasteiger partial charge < -0.3 is 14.6 Å². The monoisotopic (exact) mass is 280 g/mol. The first-order chi connectivity index (χ1) is 9.58. The van der Waals surface area contributed by atoms with E-state index in [1.165, 1.54) is 5.56 Å². The van der Waals surface area contributed by atoms with E-state index in [1.807, 2.05) is 0 Å². The maximum atomic E-state index is 9.13. The molecule has 1 aromatic rings. The van der Waals surface area contributed by atoms with E-state index in [2.05, 4.69) is 38.1 Å². The summed E-state index contributed by atoms with van der Waals surface area (Å²) in [5.41, 5.74) is 2.35. The average molecular weight is 280 g/mol. The number of aliphatic hydroxyl groups excluding tert-OH is 1. The van der Waals surface area contributed by atoms with Crippen LogP contribution in [0.15, 0.2) is 24.3 Å². The smallest absolute Gasteiger partial charge is 0.0716 e. The molecule has 0 aliphatic heterocycles. The maximum Gasteiger partial charge on any atom is 0.0716 e. The molecular weight excluding hydrogens is 252 g/mol. The summed E-state index contributed by atoms with van der Waals surface area (Å²) in [4.78, 5) is 0. The molecule has 1 unspecified atom stereocenters. The minimum absolute atomic E-state index is 0.291. The molecule has 1 rings (SSSR count). The third-order valence-corrected chi connectivity index (χ3v) is 3.08. The van der Waals surface area contributed by atoms with Gasteiger partial charge >= 0.3 is 0 Å². The van der Waals surface area contributed by atoms with Crippen molar-refractivity contribution in [2.75, 3.05) is 13.2 Å². The third kappa shape index (κ3) is 8.31. The molecule has 0 fully saturated rings. The van der Waals surface area contributed by atoms with Gasteiger partial charge in [0.05, 0.1) is 19.3 Å². The van der Waals surface area contributed by atoms with Crippen molar-refractivity contribution in [3.63, 3.8) is 0 Å². The lowest BCUT2D eigenvalue weighted by molar-refractivity contribution is 0.0800. The van der Waals surface area contributed by atoms with Crippen LogP contribution < -0.4 is 0 Å². The number of ether oxygens (including phenoxy) is 2. The zero-order valence-corrected chi connectivity index (χ0v) is 13.0. The molecule has 0 bridgehead atoms. The molecule has 0 heterocycles. The van der Waals surface area contributed by atoms with Gasteiger partial charge in [0, 0.05) is 13.2 Å². The molecule has 20 heavy (non-hydrogen) atoms. The van der Waals surface area contributed by atoms with Crippen LogP contribution in [-0.4, -0.2) is 24.4 Å². The Balaban J connectivity index is 2.19. The van der Waals surface area contributed by atoms with Gasteiger partial charge in [-0.3, -0.25) is 0 Å². The lowest BCUT2D eigenvalue weighted by Crippen LogP contribution is -2.05. The van der Waals surface area contributed by atoms with Crippen molar-refractivity contribution in [2.24, 2.45) is 5.92 Å². The number of hydrogen-bond acceptors (Lipinski definition) is 3. The highest BCUT2D eigenvalue weighted by atomic mass is 16.5. The summed E-state index contributed by atoms with van der Waals surface area (Å²) in [6.07, 6.45) is 1.50. The van der Waals surface area contributed by atoms with Crippen LogP contribution in [0.2, 0.25) is 0 Å². The van der Waals surface area contributed by atoms with Crippen molar-refractivity contribution in [2.45, 2.75) is 52.9 Å². The van der Waals surface area contributed by atoms with E-state index in [4.69, 9.17) is 14.6 Å². The van der Waals surface area contributed by atoms with Gasteiger partial charge in [0.15, 0.2) is 0 Å². The first kappa shape index (κ1) is 17.2. The van der Waals surface area contributed by atoms with Gasteiger partial charge in [-0.05, 0) is 36.8 Å². The van der Waals surface area contributed by atoms with Crippen LogP contribution in [0.5, 0.6) is 0 Å². The van der Waals surface area contributed by atoms with Crippen molar-refractivity contribution in [3.05, 3.63) is 35.4 Å². The Morgan fingerprint density at radius 3 is 1.70 bits per heavy atom. The fourth-order valence-electron chi connectivity index (χ4n) is 1.68. The molecule has 3 nitrogen and oxygen atoms in total. The van der Waals surface area contributed by atoms with Crippen molar-refractivity contribution in [1.29, 1.82) is 0 Å². The number of benzene rings is 1. The van der Waals surface area contributed by atoms with E-state index in [0.717, 1.165) is 18.6 Å². The van der Waals surface area contributed by atoms with Crippen molar-refractivity contribution >= 4 is 0 Å². The van der Waals surface area contributed by atoms with Crippen LogP contribution in [0.25, 0.3) is 0 Å². The molecule has 0 aliphatic carbocycles. The van der Waals surface area contributed by atoms with Gasteiger partial charge in [-0.2, -0.15) is 0 Å². The van der Waals surface area contributed by atoms with E-state index < -0.39 is 0 Å². The summed E-state index contributed by atoms with van der Waals surface area (Å²) in [6, 6.07) is 8.32. The van der Waals surface area contributed by atoms with E-state index in [1.54, 1.807) is 6.92 Å². The quantitative estimate of drug-likeness (QED) is 0.666. The second kappa shape index (κ2) is 9.92. The van der Waals surface area contributed by atoms with Gasteiger partial charge in [-0.1, -0.05) is 38.1 Å². The van der Waals surface area contributed by atoms with Gasteiger partial charge in [0.25, 0.3) is 0 Å². The summed E-state index contributed by atoms with van der Waals surface area (Å²) in [5, 5.41) is 9.13. The molecule has 114 valence electrons. The first-order valence-electron chi connectivity index (χ1n) is 7.49. The fourth-order valence-corrected chi connectivity index (χ4v) is 1.68. The maximum absolute atomic E-state index is 9.13. The van der Waals surface area contributed by atoms with Gasteiger partial charge in [-0.25, -0.2) is 0 Å². The Kier molecular flexibility index (Phi) is 8.51. The fraction of sp³-hybridized carbons (Fsp3) is 0.647. The molecule has 0 saturated heterocycles. The highest BCUT2D eigenvalue weighted by Crippen LogP contribution is 2.08. The Bertz CT molecular complexity index is 309. The Hall–Kier alpha value is -0.900. The molecule has 3 heteroatoms. The molecule has 0 spiro atoms. The molecule has 0 radical (unpaired) electrons. The minimum Gasteiger partial charge on any atom is -0.393 e. The summed E-state index contributed by atoms with van der Waals surface area (Å²) in [7, 11) is 0. The Morgan fingerprint density at radius 1 is 0.850 bits per heavy atom. The summed E-state index contributed by atoms with van der Waals surface area (Å²) in [6.45, 7) is 8.87. The van der Waals surface area contributed by atoms with Crippen LogP contribution in [-0.2, 0) is 22.7 Å². The third-order valence-electron chi connectivity index (χ3n) is 3.08. The summed E-state index contributed by atoms with van der Waals surface area (Å²) < 4.78 is 11.1. The standard InChI is InChI=1S/C17H28O3/c1-14(2)8-10-19-12-16-4-6-17(7-5-16)13-20-11-9-15(3)18/h4-7,14-15,18H,8-13H2,1-3H3. The van der Waals surface area contributed by atoms with Gasteiger partial charge in [0.1, 0.15) is 0 Å². The van der Waals surface area contributed by atoms with Crippen LogP contribution in [0.4, 0.5) is 0 Å².